The third-order valence-corrected chi connectivity index (χ3v) is 2.40. The Morgan fingerprint density at radius 1 is 1.11 bits per heavy atom. The number of hydrogen-bond donors (Lipinski definition) is 0. The second-order valence-electron chi connectivity index (χ2n) is 3.95. The van der Waals surface area contributed by atoms with Crippen molar-refractivity contribution in [3.05, 3.63) is 54.1 Å². The predicted molar refractivity (Wildman–Crippen MR) is 63.7 cm³/mol. The molecular formula is C12H9BF4NO-. The van der Waals surface area contributed by atoms with E-state index in [1.807, 2.05) is 0 Å². The van der Waals surface area contributed by atoms with Crippen LogP contribution in [0.5, 0.6) is 5.75 Å². The van der Waals surface area contributed by atoms with E-state index in [1.54, 1.807) is 0 Å². The Bertz CT molecular complexity index is 574. The van der Waals surface area contributed by atoms with E-state index in [-0.39, 0.29) is 12.4 Å². The minimum Gasteiger partial charge on any atom is -0.489 e. The van der Waals surface area contributed by atoms with Crippen molar-refractivity contribution in [3.63, 3.8) is 0 Å². The van der Waals surface area contributed by atoms with Gasteiger partial charge in [0, 0.05) is 11.8 Å². The molecule has 0 saturated heterocycles. The summed E-state index contributed by atoms with van der Waals surface area (Å²) in [6.07, 6.45) is 2.43. The summed E-state index contributed by atoms with van der Waals surface area (Å²) in [5.74, 6) is -0.436. The molecule has 2 aromatic rings. The molecule has 0 bridgehead atoms. The van der Waals surface area contributed by atoms with Crippen LogP contribution < -0.4 is 10.2 Å². The van der Waals surface area contributed by atoms with Gasteiger partial charge in [0.15, 0.2) is 0 Å². The molecule has 0 fully saturated rings. The molecule has 0 unspecified atom stereocenters. The number of pyridine rings is 1. The van der Waals surface area contributed by atoms with Gasteiger partial charge in [0.2, 0.25) is 0 Å². The largest absolute Gasteiger partial charge is 0.509 e. The summed E-state index contributed by atoms with van der Waals surface area (Å²) in [6.45, 7) is -5.10. The molecule has 1 aromatic heterocycles. The summed E-state index contributed by atoms with van der Waals surface area (Å²) in [7, 11) is 0. The number of halogens is 4. The Labute approximate surface area is 107 Å². The van der Waals surface area contributed by atoms with E-state index in [2.05, 4.69) is 4.98 Å². The third kappa shape index (κ3) is 3.71. The molecular weight excluding hydrogens is 261 g/mol. The molecule has 0 aliphatic heterocycles. The van der Waals surface area contributed by atoms with Crippen LogP contribution in [0.15, 0.2) is 42.7 Å². The fraction of sp³-hybridized carbons (Fsp3) is 0.0833. The SMILES string of the molecule is Fc1cncc(COc2cccc([B-](F)(F)F)c2)c1. The van der Waals surface area contributed by atoms with Gasteiger partial charge in [-0.25, -0.2) is 4.39 Å². The van der Waals surface area contributed by atoms with Gasteiger partial charge in [-0.15, -0.1) is 5.46 Å². The van der Waals surface area contributed by atoms with Gasteiger partial charge in [0.25, 0.3) is 0 Å². The highest BCUT2D eigenvalue weighted by Crippen LogP contribution is 2.15. The summed E-state index contributed by atoms with van der Waals surface area (Å²) in [6, 6.07) is 5.80. The van der Waals surface area contributed by atoms with E-state index in [1.165, 1.54) is 24.4 Å². The topological polar surface area (TPSA) is 22.1 Å². The summed E-state index contributed by atoms with van der Waals surface area (Å²) in [5, 5.41) is 0. The van der Waals surface area contributed by atoms with Gasteiger partial charge in [-0.3, -0.25) is 4.98 Å². The molecule has 7 heteroatoms. The Hall–Kier alpha value is -2.05. The van der Waals surface area contributed by atoms with E-state index >= 15 is 0 Å². The summed E-state index contributed by atoms with van der Waals surface area (Å²) < 4.78 is 55.6. The van der Waals surface area contributed by atoms with Crippen LogP contribution in [-0.4, -0.2) is 12.0 Å². The standard InChI is InChI=1S/C12H9BF4NO/c14-11-4-9(6-18-7-11)8-19-12-3-1-2-10(5-12)13(15,16)17/h1-7H,8H2/q-1. The first kappa shape index (κ1) is 13.4. The number of rotatable bonds is 4. The fourth-order valence-corrected chi connectivity index (χ4v) is 1.51. The number of hydrogen-bond acceptors (Lipinski definition) is 2. The molecule has 1 heterocycles. The number of aromatic nitrogens is 1. The van der Waals surface area contributed by atoms with Crippen LogP contribution in [0.3, 0.4) is 0 Å². The Kier molecular flexibility index (Phi) is 3.73. The van der Waals surface area contributed by atoms with Gasteiger partial charge in [0.1, 0.15) is 18.2 Å². The minimum absolute atomic E-state index is 0.0426. The van der Waals surface area contributed by atoms with E-state index in [0.717, 1.165) is 18.3 Å². The molecule has 19 heavy (non-hydrogen) atoms. The van der Waals surface area contributed by atoms with Crippen LogP contribution in [0.4, 0.5) is 17.3 Å². The van der Waals surface area contributed by atoms with Crippen molar-refractivity contribution in [2.45, 2.75) is 6.61 Å². The summed E-state index contributed by atoms with van der Waals surface area (Å²) >= 11 is 0. The van der Waals surface area contributed by atoms with Crippen LogP contribution in [0.1, 0.15) is 5.56 Å². The fourth-order valence-electron chi connectivity index (χ4n) is 1.51. The van der Waals surface area contributed by atoms with Gasteiger partial charge in [0.05, 0.1) is 6.20 Å². The van der Waals surface area contributed by atoms with Gasteiger partial charge < -0.3 is 17.7 Å². The Morgan fingerprint density at radius 3 is 2.58 bits per heavy atom. The van der Waals surface area contributed by atoms with Crippen LogP contribution in [0.25, 0.3) is 0 Å². The van der Waals surface area contributed by atoms with Crippen LogP contribution >= 0.6 is 0 Å². The van der Waals surface area contributed by atoms with Crippen molar-refractivity contribution in [2.75, 3.05) is 0 Å². The second-order valence-corrected chi connectivity index (χ2v) is 3.95. The third-order valence-electron chi connectivity index (χ3n) is 2.40. The lowest BCUT2D eigenvalue weighted by atomic mass is 9.80. The van der Waals surface area contributed by atoms with Crippen molar-refractivity contribution >= 4 is 12.4 Å². The zero-order valence-corrected chi connectivity index (χ0v) is 9.69. The van der Waals surface area contributed by atoms with Crippen LogP contribution in [-0.2, 0) is 6.61 Å². The number of ether oxygens (including phenoxy) is 1. The van der Waals surface area contributed by atoms with E-state index in [4.69, 9.17) is 4.74 Å². The molecule has 0 atom stereocenters. The van der Waals surface area contributed by atoms with Crippen LogP contribution in [0.2, 0.25) is 0 Å². The Balaban J connectivity index is 2.08. The van der Waals surface area contributed by atoms with Crippen LogP contribution in [0, 0.1) is 5.82 Å². The molecule has 100 valence electrons. The van der Waals surface area contributed by atoms with Gasteiger partial charge in [-0.2, -0.15) is 0 Å². The second kappa shape index (κ2) is 5.30. The number of nitrogens with zero attached hydrogens (tertiary/aromatic N) is 1. The number of benzene rings is 1. The molecule has 0 aliphatic rings. The molecule has 2 nitrogen and oxygen atoms in total. The average Bonchev–Trinajstić information content (AvgIpc) is 2.36. The summed E-state index contributed by atoms with van der Waals surface area (Å²) in [5.41, 5.74) is -0.280. The molecule has 0 N–H and O–H groups in total. The first-order chi connectivity index (χ1) is 8.95. The zero-order valence-electron chi connectivity index (χ0n) is 9.69. The molecule has 2 rings (SSSR count). The van der Waals surface area contributed by atoms with E-state index in [0.29, 0.717) is 5.56 Å². The van der Waals surface area contributed by atoms with Gasteiger partial charge >= 0.3 is 6.98 Å². The molecule has 0 saturated carbocycles. The smallest absolute Gasteiger partial charge is 0.489 e. The minimum atomic E-state index is -5.05. The predicted octanol–water partition coefficient (Wildman–Crippen LogP) is 2.85. The lowest BCUT2D eigenvalue weighted by Gasteiger charge is -2.16. The van der Waals surface area contributed by atoms with E-state index in [9.17, 15) is 17.3 Å². The molecule has 0 aliphatic carbocycles. The highest BCUT2D eigenvalue weighted by Gasteiger charge is 2.25. The van der Waals surface area contributed by atoms with E-state index < -0.39 is 18.3 Å². The molecule has 1 aromatic carbocycles. The highest BCUT2D eigenvalue weighted by molar-refractivity contribution is 6.73. The van der Waals surface area contributed by atoms with Crippen molar-refractivity contribution in [1.82, 2.24) is 4.98 Å². The zero-order chi connectivity index (χ0) is 13.9. The highest BCUT2D eigenvalue weighted by atomic mass is 19.4. The van der Waals surface area contributed by atoms with Crippen molar-refractivity contribution < 1.29 is 22.1 Å². The normalized spacial score (nSPS) is 11.4. The Morgan fingerprint density at radius 2 is 1.89 bits per heavy atom. The van der Waals surface area contributed by atoms with Crippen molar-refractivity contribution in [1.29, 1.82) is 0 Å². The van der Waals surface area contributed by atoms with Gasteiger partial charge in [-0.1, -0.05) is 12.1 Å². The lowest BCUT2D eigenvalue weighted by molar-refractivity contribution is 0.305. The maximum atomic E-state index is 12.8. The first-order valence-electron chi connectivity index (χ1n) is 5.47. The maximum Gasteiger partial charge on any atom is 0.509 e. The van der Waals surface area contributed by atoms with Crippen molar-refractivity contribution in [3.8, 4) is 5.75 Å². The average molecular weight is 270 g/mol. The molecule has 0 radical (unpaired) electrons. The molecule has 0 amide bonds. The van der Waals surface area contributed by atoms with Crippen molar-refractivity contribution in [2.24, 2.45) is 0 Å². The van der Waals surface area contributed by atoms with Gasteiger partial charge in [-0.05, 0) is 18.2 Å². The first-order valence-corrected chi connectivity index (χ1v) is 5.47. The molecule has 0 spiro atoms. The maximum absolute atomic E-state index is 12.8. The quantitative estimate of drug-likeness (QED) is 0.629. The summed E-state index contributed by atoms with van der Waals surface area (Å²) in [4.78, 5) is 3.62. The lowest BCUT2D eigenvalue weighted by Crippen LogP contribution is -2.33. The monoisotopic (exact) mass is 270 g/mol.